The average Bonchev–Trinajstić information content (AvgIpc) is 2.53. The molecular formula is C17H21NO3. The average molecular weight is 287 g/mol. The molecule has 0 saturated carbocycles. The van der Waals surface area contributed by atoms with E-state index < -0.39 is 0 Å². The maximum absolute atomic E-state index is 5.42. The van der Waals surface area contributed by atoms with Crippen molar-refractivity contribution in [2.45, 2.75) is 13.5 Å². The molecule has 0 aromatic heterocycles. The zero-order valence-electron chi connectivity index (χ0n) is 12.9. The number of hydrogen-bond donors (Lipinski definition) is 1. The van der Waals surface area contributed by atoms with Gasteiger partial charge in [-0.15, -0.1) is 0 Å². The van der Waals surface area contributed by atoms with Crippen LogP contribution in [0.3, 0.4) is 0 Å². The molecule has 4 heteroatoms. The fourth-order valence-corrected chi connectivity index (χ4v) is 2.10. The second kappa shape index (κ2) is 6.88. The van der Waals surface area contributed by atoms with Crippen molar-refractivity contribution in [3.8, 4) is 17.2 Å². The molecule has 2 rings (SSSR count). The van der Waals surface area contributed by atoms with Crippen LogP contribution >= 0.6 is 0 Å². The Morgan fingerprint density at radius 3 is 1.95 bits per heavy atom. The molecule has 4 nitrogen and oxygen atoms in total. The van der Waals surface area contributed by atoms with E-state index in [9.17, 15) is 0 Å². The topological polar surface area (TPSA) is 39.7 Å². The minimum Gasteiger partial charge on any atom is -0.496 e. The van der Waals surface area contributed by atoms with Crippen LogP contribution in [0.1, 0.15) is 11.1 Å². The zero-order chi connectivity index (χ0) is 15.2. The molecule has 0 radical (unpaired) electrons. The highest BCUT2D eigenvalue weighted by atomic mass is 16.5. The minimum absolute atomic E-state index is 0.645. The molecule has 0 atom stereocenters. The maximum Gasteiger partial charge on any atom is 0.164 e. The van der Waals surface area contributed by atoms with Gasteiger partial charge in [-0.3, -0.25) is 0 Å². The predicted octanol–water partition coefficient (Wildman–Crippen LogP) is 3.63. The van der Waals surface area contributed by atoms with Crippen LogP contribution in [0, 0.1) is 6.92 Å². The van der Waals surface area contributed by atoms with Crippen LogP contribution in [-0.2, 0) is 6.54 Å². The Kier molecular flexibility index (Phi) is 4.93. The Balaban J connectivity index is 2.20. The number of nitrogens with one attached hydrogen (secondary N) is 1. The molecule has 0 aliphatic heterocycles. The van der Waals surface area contributed by atoms with E-state index >= 15 is 0 Å². The van der Waals surface area contributed by atoms with Crippen molar-refractivity contribution in [3.05, 3.63) is 47.5 Å². The van der Waals surface area contributed by atoms with E-state index in [4.69, 9.17) is 14.2 Å². The van der Waals surface area contributed by atoms with Gasteiger partial charge < -0.3 is 19.5 Å². The van der Waals surface area contributed by atoms with Crippen LogP contribution in [0.4, 0.5) is 5.69 Å². The van der Waals surface area contributed by atoms with Crippen LogP contribution in [0.2, 0.25) is 0 Å². The van der Waals surface area contributed by atoms with Crippen molar-refractivity contribution in [1.82, 2.24) is 0 Å². The number of benzene rings is 2. The molecule has 0 unspecified atom stereocenters. The molecule has 21 heavy (non-hydrogen) atoms. The first-order valence-corrected chi connectivity index (χ1v) is 6.77. The molecule has 0 aliphatic carbocycles. The van der Waals surface area contributed by atoms with Gasteiger partial charge in [0, 0.05) is 23.9 Å². The summed E-state index contributed by atoms with van der Waals surface area (Å²) in [6.45, 7) is 2.72. The minimum atomic E-state index is 0.645. The fourth-order valence-electron chi connectivity index (χ4n) is 2.10. The SMILES string of the molecule is COc1cc(OC)c(OC)cc1CNc1ccc(C)cc1. The number of aryl methyl sites for hydroxylation is 1. The van der Waals surface area contributed by atoms with Crippen molar-refractivity contribution in [1.29, 1.82) is 0 Å². The van der Waals surface area contributed by atoms with E-state index in [0.717, 1.165) is 17.0 Å². The van der Waals surface area contributed by atoms with Gasteiger partial charge in [0.15, 0.2) is 11.5 Å². The van der Waals surface area contributed by atoms with E-state index in [1.165, 1.54) is 5.56 Å². The lowest BCUT2D eigenvalue weighted by Gasteiger charge is -2.15. The van der Waals surface area contributed by atoms with Gasteiger partial charge in [-0.25, -0.2) is 0 Å². The Bertz CT molecular complexity index is 594. The largest absolute Gasteiger partial charge is 0.496 e. The lowest BCUT2D eigenvalue weighted by Crippen LogP contribution is -2.03. The standard InChI is InChI=1S/C17H21NO3/c1-12-5-7-14(8-6-12)18-11-13-9-16(20-3)17(21-4)10-15(13)19-2/h5-10,18H,11H2,1-4H3. The van der Waals surface area contributed by atoms with Crippen molar-refractivity contribution >= 4 is 5.69 Å². The van der Waals surface area contributed by atoms with Crippen molar-refractivity contribution in [2.75, 3.05) is 26.6 Å². The molecule has 0 spiro atoms. The van der Waals surface area contributed by atoms with Crippen LogP contribution in [-0.4, -0.2) is 21.3 Å². The van der Waals surface area contributed by atoms with Gasteiger partial charge in [-0.05, 0) is 25.1 Å². The number of methoxy groups -OCH3 is 3. The van der Waals surface area contributed by atoms with Gasteiger partial charge in [0.25, 0.3) is 0 Å². The molecule has 0 amide bonds. The van der Waals surface area contributed by atoms with Crippen LogP contribution < -0.4 is 19.5 Å². The summed E-state index contributed by atoms with van der Waals surface area (Å²) in [6, 6.07) is 12.0. The van der Waals surface area contributed by atoms with Crippen molar-refractivity contribution < 1.29 is 14.2 Å². The highest BCUT2D eigenvalue weighted by Gasteiger charge is 2.11. The van der Waals surface area contributed by atoms with Gasteiger partial charge >= 0.3 is 0 Å². The summed E-state index contributed by atoms with van der Waals surface area (Å²) in [5.41, 5.74) is 3.32. The zero-order valence-corrected chi connectivity index (χ0v) is 12.9. The van der Waals surface area contributed by atoms with E-state index in [1.54, 1.807) is 21.3 Å². The third-order valence-electron chi connectivity index (χ3n) is 3.32. The maximum atomic E-state index is 5.42. The second-order valence-corrected chi connectivity index (χ2v) is 4.74. The summed E-state index contributed by atoms with van der Waals surface area (Å²) in [6.07, 6.45) is 0. The molecule has 0 saturated heterocycles. The van der Waals surface area contributed by atoms with E-state index in [0.29, 0.717) is 18.0 Å². The third kappa shape index (κ3) is 3.60. The van der Waals surface area contributed by atoms with Gasteiger partial charge in [0.05, 0.1) is 21.3 Å². The van der Waals surface area contributed by atoms with E-state index in [2.05, 4.69) is 36.5 Å². The van der Waals surface area contributed by atoms with Crippen LogP contribution in [0.25, 0.3) is 0 Å². The number of anilines is 1. The van der Waals surface area contributed by atoms with E-state index in [-0.39, 0.29) is 0 Å². The molecule has 1 N–H and O–H groups in total. The number of hydrogen-bond acceptors (Lipinski definition) is 4. The monoisotopic (exact) mass is 287 g/mol. The highest BCUT2D eigenvalue weighted by molar-refractivity contribution is 5.53. The first kappa shape index (κ1) is 15.0. The number of rotatable bonds is 6. The van der Waals surface area contributed by atoms with Gasteiger partial charge in [-0.2, -0.15) is 0 Å². The fraction of sp³-hybridized carbons (Fsp3) is 0.294. The second-order valence-electron chi connectivity index (χ2n) is 4.74. The molecule has 2 aromatic carbocycles. The molecule has 0 heterocycles. The predicted molar refractivity (Wildman–Crippen MR) is 84.6 cm³/mol. The summed E-state index contributed by atoms with van der Waals surface area (Å²) < 4.78 is 16.0. The normalized spacial score (nSPS) is 10.1. The first-order chi connectivity index (χ1) is 10.2. The molecular weight excluding hydrogens is 266 g/mol. The summed E-state index contributed by atoms with van der Waals surface area (Å²) in [5.74, 6) is 2.12. The number of ether oxygens (including phenoxy) is 3. The van der Waals surface area contributed by atoms with Crippen LogP contribution in [0.15, 0.2) is 36.4 Å². The Labute approximate surface area is 125 Å². The molecule has 0 fully saturated rings. The van der Waals surface area contributed by atoms with Crippen molar-refractivity contribution in [3.63, 3.8) is 0 Å². The first-order valence-electron chi connectivity index (χ1n) is 6.77. The smallest absolute Gasteiger partial charge is 0.164 e. The quantitative estimate of drug-likeness (QED) is 0.880. The van der Waals surface area contributed by atoms with E-state index in [1.807, 2.05) is 12.1 Å². The molecule has 0 aliphatic rings. The van der Waals surface area contributed by atoms with Gasteiger partial charge in [0.2, 0.25) is 0 Å². The molecule has 0 bridgehead atoms. The Morgan fingerprint density at radius 2 is 1.38 bits per heavy atom. The molecule has 112 valence electrons. The van der Waals surface area contributed by atoms with Crippen LogP contribution in [0.5, 0.6) is 17.2 Å². The van der Waals surface area contributed by atoms with Crippen molar-refractivity contribution in [2.24, 2.45) is 0 Å². The summed E-state index contributed by atoms with van der Waals surface area (Å²) >= 11 is 0. The lowest BCUT2D eigenvalue weighted by molar-refractivity contribution is 0.347. The van der Waals surface area contributed by atoms with Gasteiger partial charge in [-0.1, -0.05) is 17.7 Å². The summed E-state index contributed by atoms with van der Waals surface area (Å²) in [5, 5.41) is 3.38. The highest BCUT2D eigenvalue weighted by Crippen LogP contribution is 2.34. The molecule has 2 aromatic rings. The Hall–Kier alpha value is -2.36. The third-order valence-corrected chi connectivity index (χ3v) is 3.32. The lowest BCUT2D eigenvalue weighted by atomic mass is 10.1. The summed E-state index contributed by atoms with van der Waals surface area (Å²) in [7, 11) is 4.89. The van der Waals surface area contributed by atoms with Gasteiger partial charge in [0.1, 0.15) is 5.75 Å². The Morgan fingerprint density at radius 1 is 0.810 bits per heavy atom. The summed E-state index contributed by atoms with van der Waals surface area (Å²) in [4.78, 5) is 0.